The monoisotopic (exact) mass is 478 g/mol. The van der Waals surface area contributed by atoms with Gasteiger partial charge in [0.2, 0.25) is 10.0 Å². The lowest BCUT2D eigenvalue weighted by atomic mass is 9.93. The highest BCUT2D eigenvalue weighted by Crippen LogP contribution is 2.35. The molecule has 2 aliphatic heterocycles. The summed E-state index contributed by atoms with van der Waals surface area (Å²) in [5, 5.41) is 2.80. The number of hydrogen-bond acceptors (Lipinski definition) is 6. The van der Waals surface area contributed by atoms with Crippen LogP contribution in [0.25, 0.3) is 0 Å². The first-order valence-corrected chi connectivity index (χ1v) is 11.9. The molecule has 2 aliphatic rings. The van der Waals surface area contributed by atoms with Crippen molar-refractivity contribution >= 4 is 39.0 Å². The Bertz CT molecular complexity index is 1190. The Morgan fingerprint density at radius 3 is 2.56 bits per heavy atom. The smallest absolute Gasteiger partial charge is 0.257 e. The van der Waals surface area contributed by atoms with Gasteiger partial charge < -0.3 is 14.8 Å². The zero-order valence-electron chi connectivity index (χ0n) is 17.7. The van der Waals surface area contributed by atoms with Crippen molar-refractivity contribution < 1.29 is 27.5 Å². The van der Waals surface area contributed by atoms with Crippen LogP contribution in [0.1, 0.15) is 41.0 Å². The summed E-state index contributed by atoms with van der Waals surface area (Å²) in [6.45, 7) is 4.80. The Morgan fingerprint density at radius 2 is 1.84 bits per heavy atom. The van der Waals surface area contributed by atoms with Crippen molar-refractivity contribution in [2.45, 2.75) is 30.8 Å². The van der Waals surface area contributed by atoms with E-state index in [-0.39, 0.29) is 40.8 Å². The van der Waals surface area contributed by atoms with Crippen molar-refractivity contribution in [1.29, 1.82) is 0 Å². The predicted octanol–water partition coefficient (Wildman–Crippen LogP) is 3.36. The first kappa shape index (κ1) is 22.7. The maximum absolute atomic E-state index is 12.9. The van der Waals surface area contributed by atoms with Gasteiger partial charge in [-0.2, -0.15) is 4.31 Å². The SMILES string of the molecule is CC1(C)CC(=O)c2cc(NC(=O)c3cc(S(=O)(=O)N4CCOCC4)ccc3Cl)ccc2O1. The number of halogens is 1. The van der Waals surface area contributed by atoms with Gasteiger partial charge in [-0.15, -0.1) is 0 Å². The molecule has 0 aromatic heterocycles. The van der Waals surface area contributed by atoms with E-state index < -0.39 is 21.5 Å². The van der Waals surface area contributed by atoms with E-state index in [9.17, 15) is 18.0 Å². The van der Waals surface area contributed by atoms with Crippen LogP contribution in [0.15, 0.2) is 41.3 Å². The summed E-state index contributed by atoms with van der Waals surface area (Å²) in [4.78, 5) is 25.4. The zero-order valence-corrected chi connectivity index (χ0v) is 19.3. The van der Waals surface area contributed by atoms with Crippen molar-refractivity contribution in [3.05, 3.63) is 52.5 Å². The molecular weight excluding hydrogens is 456 g/mol. The number of rotatable bonds is 4. The summed E-state index contributed by atoms with van der Waals surface area (Å²) in [7, 11) is -3.78. The number of nitrogens with zero attached hydrogens (tertiary/aromatic N) is 1. The summed E-state index contributed by atoms with van der Waals surface area (Å²) in [6.07, 6.45) is 0.227. The van der Waals surface area contributed by atoms with Crippen LogP contribution < -0.4 is 10.1 Å². The third-order valence-electron chi connectivity index (χ3n) is 5.30. The van der Waals surface area contributed by atoms with Gasteiger partial charge in [-0.3, -0.25) is 9.59 Å². The minimum absolute atomic E-state index is 0.0161. The largest absolute Gasteiger partial charge is 0.487 e. The molecule has 1 saturated heterocycles. The maximum Gasteiger partial charge on any atom is 0.257 e. The zero-order chi connectivity index (χ0) is 23.1. The van der Waals surface area contributed by atoms with Gasteiger partial charge in [0.1, 0.15) is 11.4 Å². The molecule has 32 heavy (non-hydrogen) atoms. The summed E-state index contributed by atoms with van der Waals surface area (Å²) < 4.78 is 38.2. The predicted molar refractivity (Wildman–Crippen MR) is 119 cm³/mol. The number of anilines is 1. The Morgan fingerprint density at radius 1 is 1.12 bits per heavy atom. The van der Waals surface area contributed by atoms with Crippen molar-refractivity contribution in [2.75, 3.05) is 31.6 Å². The molecule has 1 fully saturated rings. The molecule has 2 heterocycles. The summed E-state index contributed by atoms with van der Waals surface area (Å²) in [6, 6.07) is 8.82. The normalized spacial score (nSPS) is 18.5. The number of carbonyl (C=O) groups excluding carboxylic acids is 2. The van der Waals surface area contributed by atoms with Crippen molar-refractivity contribution in [3.63, 3.8) is 0 Å². The molecule has 4 rings (SSSR count). The molecule has 2 aromatic rings. The van der Waals surface area contributed by atoms with Gasteiger partial charge >= 0.3 is 0 Å². The fourth-order valence-corrected chi connectivity index (χ4v) is 5.34. The van der Waals surface area contributed by atoms with Crippen LogP contribution in [-0.2, 0) is 14.8 Å². The number of fused-ring (bicyclic) bond motifs is 1. The number of benzene rings is 2. The van der Waals surface area contributed by atoms with Gasteiger partial charge in [0, 0.05) is 18.8 Å². The third-order valence-corrected chi connectivity index (χ3v) is 7.52. The van der Waals surface area contributed by atoms with E-state index in [1.807, 2.05) is 13.8 Å². The lowest BCUT2D eigenvalue weighted by Crippen LogP contribution is -2.40. The van der Waals surface area contributed by atoms with Crippen LogP contribution >= 0.6 is 11.6 Å². The minimum atomic E-state index is -3.78. The Balaban J connectivity index is 1.59. The highest BCUT2D eigenvalue weighted by Gasteiger charge is 2.33. The standard InChI is InChI=1S/C22H23ClN2O6S/c1-22(2)13-19(26)17-11-14(3-6-20(17)31-22)24-21(27)16-12-15(4-5-18(16)23)32(28,29)25-7-9-30-10-8-25/h3-6,11-12H,7-10,13H2,1-2H3,(H,24,27). The van der Waals surface area contributed by atoms with Gasteiger partial charge in [0.15, 0.2) is 5.78 Å². The lowest BCUT2D eigenvalue weighted by molar-refractivity contribution is 0.0620. The number of Topliss-reactive ketones (excluding diaryl/α,β-unsaturated/α-hetero) is 1. The summed E-state index contributed by atoms with van der Waals surface area (Å²) in [5.74, 6) is -0.205. The van der Waals surface area contributed by atoms with Gasteiger partial charge in [-0.05, 0) is 50.2 Å². The summed E-state index contributed by atoms with van der Waals surface area (Å²) >= 11 is 6.20. The van der Waals surface area contributed by atoms with E-state index in [4.69, 9.17) is 21.1 Å². The number of morpholine rings is 1. The molecule has 0 radical (unpaired) electrons. The summed E-state index contributed by atoms with van der Waals surface area (Å²) in [5.41, 5.74) is 0.191. The molecule has 8 nitrogen and oxygen atoms in total. The van der Waals surface area contributed by atoms with E-state index in [0.29, 0.717) is 30.2 Å². The number of ether oxygens (including phenoxy) is 2. The highest BCUT2D eigenvalue weighted by molar-refractivity contribution is 7.89. The number of carbonyl (C=O) groups is 2. The molecule has 10 heteroatoms. The quantitative estimate of drug-likeness (QED) is 0.723. The van der Waals surface area contributed by atoms with Gasteiger partial charge in [0.05, 0.1) is 40.7 Å². The second kappa shape index (κ2) is 8.47. The first-order valence-electron chi connectivity index (χ1n) is 10.1. The molecule has 0 unspecified atom stereocenters. The Labute approximate surface area is 191 Å². The van der Waals surface area contributed by atoms with Crippen LogP contribution in [0, 0.1) is 0 Å². The second-order valence-corrected chi connectivity index (χ2v) is 10.6. The topological polar surface area (TPSA) is 102 Å². The average molecular weight is 479 g/mol. The van der Waals surface area contributed by atoms with Crippen LogP contribution in [0.5, 0.6) is 5.75 Å². The van der Waals surface area contributed by atoms with E-state index in [2.05, 4.69) is 5.32 Å². The van der Waals surface area contributed by atoms with Gasteiger partial charge in [-0.1, -0.05) is 11.6 Å². The molecule has 0 bridgehead atoms. The number of sulfonamides is 1. The van der Waals surface area contributed by atoms with Crippen LogP contribution in [0.4, 0.5) is 5.69 Å². The molecule has 170 valence electrons. The van der Waals surface area contributed by atoms with E-state index in [1.54, 1.807) is 18.2 Å². The van der Waals surface area contributed by atoms with Crippen LogP contribution in [-0.4, -0.2) is 56.3 Å². The number of ketones is 1. The minimum Gasteiger partial charge on any atom is -0.487 e. The Kier molecular flexibility index (Phi) is 6.02. The average Bonchev–Trinajstić information content (AvgIpc) is 2.74. The fraction of sp³-hybridized carbons (Fsp3) is 0.364. The van der Waals surface area contributed by atoms with Crippen molar-refractivity contribution in [1.82, 2.24) is 4.31 Å². The fourth-order valence-electron chi connectivity index (χ4n) is 3.70. The molecule has 1 amide bonds. The number of amides is 1. The molecule has 0 atom stereocenters. The lowest BCUT2D eigenvalue weighted by Gasteiger charge is -2.31. The first-order chi connectivity index (χ1) is 15.1. The van der Waals surface area contributed by atoms with Gasteiger partial charge in [0.25, 0.3) is 5.91 Å². The molecule has 0 saturated carbocycles. The van der Waals surface area contributed by atoms with Gasteiger partial charge in [-0.25, -0.2) is 8.42 Å². The number of hydrogen-bond donors (Lipinski definition) is 1. The molecule has 0 aliphatic carbocycles. The molecular formula is C22H23ClN2O6S. The van der Waals surface area contributed by atoms with E-state index in [0.717, 1.165) is 0 Å². The number of nitrogens with one attached hydrogen (secondary N) is 1. The van der Waals surface area contributed by atoms with Crippen molar-refractivity contribution in [3.8, 4) is 5.75 Å². The highest BCUT2D eigenvalue weighted by atomic mass is 35.5. The van der Waals surface area contributed by atoms with Crippen LogP contribution in [0.2, 0.25) is 5.02 Å². The molecule has 1 N–H and O–H groups in total. The van der Waals surface area contributed by atoms with E-state index in [1.165, 1.54) is 22.5 Å². The molecule has 2 aromatic carbocycles. The van der Waals surface area contributed by atoms with Crippen LogP contribution in [0.3, 0.4) is 0 Å². The second-order valence-electron chi connectivity index (χ2n) is 8.28. The third kappa shape index (κ3) is 4.52. The van der Waals surface area contributed by atoms with E-state index >= 15 is 0 Å². The Hall–Kier alpha value is -2.46. The maximum atomic E-state index is 12.9. The molecule has 0 spiro atoms. The van der Waals surface area contributed by atoms with Crippen molar-refractivity contribution in [2.24, 2.45) is 0 Å².